The van der Waals surface area contributed by atoms with Gasteiger partial charge in [0.15, 0.2) is 11.5 Å². The quantitative estimate of drug-likeness (QED) is 0.0720. The lowest BCUT2D eigenvalue weighted by Gasteiger charge is -2.11. The number of hydrogen-bond acceptors (Lipinski definition) is 5. The molecule has 2 N–H and O–H groups in total. The topological polar surface area (TPSA) is 92.8 Å². The molecule has 0 radical (unpaired) electrons. The van der Waals surface area contributed by atoms with E-state index in [1.54, 1.807) is 36.4 Å². The first-order valence-corrected chi connectivity index (χ1v) is 12.4. The number of hydrazone groups is 1. The Kier molecular flexibility index (Phi) is 7.74. The number of aromatic nitrogens is 1. The number of alkyl halides is 3. The molecule has 0 saturated heterocycles. The zero-order chi connectivity index (χ0) is 29.9. The van der Waals surface area contributed by atoms with Crippen LogP contribution in [0.2, 0.25) is 0 Å². The summed E-state index contributed by atoms with van der Waals surface area (Å²) >= 11 is 0. The number of amides is 1. The van der Waals surface area contributed by atoms with E-state index in [0.29, 0.717) is 28.1 Å². The highest BCUT2D eigenvalue weighted by molar-refractivity contribution is 6.10. The summed E-state index contributed by atoms with van der Waals surface area (Å²) in [6.45, 7) is 0. The van der Waals surface area contributed by atoms with Crippen LogP contribution in [0, 0.1) is 5.82 Å². The molecule has 0 atom stereocenters. The highest BCUT2D eigenvalue weighted by atomic mass is 19.4. The fourth-order valence-corrected chi connectivity index (χ4v) is 4.31. The smallest absolute Gasteiger partial charge is 0.416 e. The third-order valence-corrected chi connectivity index (χ3v) is 6.27. The number of esters is 1. The van der Waals surface area contributed by atoms with Crippen LogP contribution in [0.5, 0.6) is 11.5 Å². The highest BCUT2D eigenvalue weighted by Gasteiger charge is 2.31. The van der Waals surface area contributed by atoms with Crippen LogP contribution < -0.4 is 14.9 Å². The number of para-hydroxylation sites is 1. The molecule has 0 aliphatic carbocycles. The lowest BCUT2D eigenvalue weighted by atomic mass is 10.0. The molecule has 1 aromatic heterocycles. The van der Waals surface area contributed by atoms with Crippen LogP contribution in [0.15, 0.2) is 96.1 Å². The molecule has 0 unspecified atom stereocenters. The molecule has 42 heavy (non-hydrogen) atoms. The van der Waals surface area contributed by atoms with Crippen molar-refractivity contribution in [3.8, 4) is 22.6 Å². The molecule has 1 heterocycles. The summed E-state index contributed by atoms with van der Waals surface area (Å²) in [4.78, 5) is 28.5. The molecule has 0 bridgehead atoms. The Bertz CT molecular complexity index is 1810. The first-order valence-electron chi connectivity index (χ1n) is 12.4. The van der Waals surface area contributed by atoms with Gasteiger partial charge in [-0.1, -0.05) is 48.5 Å². The van der Waals surface area contributed by atoms with E-state index in [4.69, 9.17) is 9.47 Å². The minimum atomic E-state index is -4.61. The second-order valence-corrected chi connectivity index (χ2v) is 8.98. The van der Waals surface area contributed by atoms with Crippen molar-refractivity contribution in [2.24, 2.45) is 5.10 Å². The maximum atomic E-state index is 14.5. The predicted octanol–water partition coefficient (Wildman–Crippen LogP) is 6.98. The molecule has 5 rings (SSSR count). The van der Waals surface area contributed by atoms with E-state index >= 15 is 0 Å². The van der Waals surface area contributed by atoms with Crippen molar-refractivity contribution in [1.29, 1.82) is 0 Å². The van der Waals surface area contributed by atoms with Gasteiger partial charge in [0.2, 0.25) is 0 Å². The number of halogens is 4. The molecule has 11 heteroatoms. The number of aromatic amines is 1. The van der Waals surface area contributed by atoms with Gasteiger partial charge < -0.3 is 14.5 Å². The normalized spacial score (nSPS) is 11.5. The van der Waals surface area contributed by atoms with Crippen molar-refractivity contribution in [3.63, 3.8) is 0 Å². The lowest BCUT2D eigenvalue weighted by molar-refractivity contribution is -0.137. The van der Waals surface area contributed by atoms with E-state index in [1.165, 1.54) is 43.7 Å². The zero-order valence-electron chi connectivity index (χ0n) is 21.8. The second-order valence-electron chi connectivity index (χ2n) is 8.98. The monoisotopic (exact) mass is 575 g/mol. The minimum absolute atomic E-state index is 0.0336. The van der Waals surface area contributed by atoms with Crippen LogP contribution in [-0.4, -0.2) is 30.2 Å². The molecule has 212 valence electrons. The SMILES string of the molecule is COc1cc(C=NNC(=O)c2[nH]c3c(F)cccc3c2-c2ccccc2)ccc1OC(=O)c1cccc(C(F)(F)F)c1. The van der Waals surface area contributed by atoms with Crippen LogP contribution >= 0.6 is 0 Å². The van der Waals surface area contributed by atoms with Crippen molar-refractivity contribution in [3.05, 3.63) is 119 Å². The maximum absolute atomic E-state index is 14.5. The molecule has 5 aromatic rings. The molecular weight excluding hydrogens is 554 g/mol. The first kappa shape index (κ1) is 28.1. The van der Waals surface area contributed by atoms with Crippen molar-refractivity contribution in [2.75, 3.05) is 7.11 Å². The van der Waals surface area contributed by atoms with E-state index in [0.717, 1.165) is 12.1 Å². The third-order valence-electron chi connectivity index (χ3n) is 6.27. The molecule has 1 amide bonds. The van der Waals surface area contributed by atoms with Gasteiger partial charge in [-0.3, -0.25) is 4.79 Å². The number of nitrogens with zero attached hydrogens (tertiary/aromatic N) is 1. The number of carbonyl (C=O) groups is 2. The number of hydrogen-bond donors (Lipinski definition) is 2. The average Bonchev–Trinajstić information content (AvgIpc) is 3.39. The number of methoxy groups -OCH3 is 1. The van der Waals surface area contributed by atoms with Crippen molar-refractivity contribution < 1.29 is 36.6 Å². The first-order chi connectivity index (χ1) is 20.2. The second kappa shape index (κ2) is 11.6. The van der Waals surface area contributed by atoms with Gasteiger partial charge in [0.25, 0.3) is 5.91 Å². The summed E-state index contributed by atoms with van der Waals surface area (Å²) in [7, 11) is 1.32. The van der Waals surface area contributed by atoms with Crippen molar-refractivity contribution in [1.82, 2.24) is 10.4 Å². The summed E-state index contributed by atoms with van der Waals surface area (Å²) < 4.78 is 64.0. The Morgan fingerprint density at radius 1 is 0.905 bits per heavy atom. The molecule has 0 aliphatic rings. The fraction of sp³-hybridized carbons (Fsp3) is 0.0645. The Labute approximate surface area is 236 Å². The Hall–Kier alpha value is -5.45. The minimum Gasteiger partial charge on any atom is -0.493 e. The van der Waals surface area contributed by atoms with Gasteiger partial charge in [-0.25, -0.2) is 14.6 Å². The van der Waals surface area contributed by atoms with E-state index in [9.17, 15) is 27.2 Å². The Morgan fingerprint density at radius 3 is 2.40 bits per heavy atom. The molecule has 0 aliphatic heterocycles. The van der Waals surface area contributed by atoms with Gasteiger partial charge in [-0.2, -0.15) is 18.3 Å². The van der Waals surface area contributed by atoms with Gasteiger partial charge in [-0.15, -0.1) is 0 Å². The fourth-order valence-electron chi connectivity index (χ4n) is 4.31. The molecular formula is C31H21F4N3O4. The number of rotatable bonds is 7. The van der Waals surface area contributed by atoms with Crippen LogP contribution in [0.1, 0.15) is 32.0 Å². The summed E-state index contributed by atoms with van der Waals surface area (Å²) in [5.74, 6) is -2.05. The summed E-state index contributed by atoms with van der Waals surface area (Å²) in [6.07, 6.45) is -3.30. The van der Waals surface area contributed by atoms with Crippen LogP contribution in [0.25, 0.3) is 22.0 Å². The Balaban J connectivity index is 1.34. The standard InChI is InChI=1S/C31H21F4N3O4/c1-41-25-15-18(13-14-24(25)42-30(40)20-9-5-10-21(16-20)31(33,34)35)17-36-38-29(39)28-26(19-7-3-2-4-8-19)22-11-6-12-23(32)27(22)37-28/h2-17,37H,1H3,(H,38,39). The summed E-state index contributed by atoms with van der Waals surface area (Å²) in [5.41, 5.74) is 3.13. The van der Waals surface area contributed by atoms with Gasteiger partial charge >= 0.3 is 12.1 Å². The summed E-state index contributed by atoms with van der Waals surface area (Å²) in [5, 5.41) is 4.52. The molecule has 0 saturated carbocycles. The van der Waals surface area contributed by atoms with Crippen LogP contribution in [-0.2, 0) is 6.18 Å². The third kappa shape index (κ3) is 5.85. The van der Waals surface area contributed by atoms with Gasteiger partial charge in [-0.05, 0) is 53.6 Å². The number of fused-ring (bicyclic) bond motifs is 1. The lowest BCUT2D eigenvalue weighted by Crippen LogP contribution is -2.19. The van der Waals surface area contributed by atoms with Gasteiger partial charge in [0.05, 0.1) is 30.0 Å². The Morgan fingerprint density at radius 2 is 1.67 bits per heavy atom. The number of ether oxygens (including phenoxy) is 2. The number of benzene rings is 4. The average molecular weight is 576 g/mol. The van der Waals surface area contributed by atoms with Gasteiger partial charge in [0.1, 0.15) is 11.5 Å². The number of carbonyl (C=O) groups excluding carboxylic acids is 2. The molecule has 0 fully saturated rings. The number of nitrogens with one attached hydrogen (secondary N) is 2. The molecule has 4 aromatic carbocycles. The largest absolute Gasteiger partial charge is 0.493 e. The molecule has 7 nitrogen and oxygen atoms in total. The molecule has 0 spiro atoms. The van der Waals surface area contributed by atoms with E-state index < -0.39 is 29.4 Å². The maximum Gasteiger partial charge on any atom is 0.416 e. The number of H-pyrrole nitrogens is 1. The van der Waals surface area contributed by atoms with Crippen LogP contribution in [0.3, 0.4) is 0 Å². The van der Waals surface area contributed by atoms with E-state index in [-0.39, 0.29) is 28.3 Å². The zero-order valence-corrected chi connectivity index (χ0v) is 21.8. The van der Waals surface area contributed by atoms with Crippen molar-refractivity contribution >= 4 is 29.0 Å². The van der Waals surface area contributed by atoms with E-state index in [1.807, 2.05) is 6.07 Å². The van der Waals surface area contributed by atoms with Crippen molar-refractivity contribution in [2.45, 2.75) is 6.18 Å². The van der Waals surface area contributed by atoms with Gasteiger partial charge in [0, 0.05) is 10.9 Å². The van der Waals surface area contributed by atoms with E-state index in [2.05, 4.69) is 15.5 Å². The summed E-state index contributed by atoms with van der Waals surface area (Å²) in [6, 6.07) is 21.8. The predicted molar refractivity (Wildman–Crippen MR) is 148 cm³/mol. The van der Waals surface area contributed by atoms with Crippen LogP contribution in [0.4, 0.5) is 17.6 Å². The highest BCUT2D eigenvalue weighted by Crippen LogP contribution is 2.34.